The largest absolute Gasteiger partial charge is 0.350 e. The number of nitrogens with one attached hydrogen (secondary N) is 2. The summed E-state index contributed by atoms with van der Waals surface area (Å²) in [4.78, 5) is 15.8. The van der Waals surface area contributed by atoms with E-state index in [2.05, 4.69) is 31.5 Å². The van der Waals surface area contributed by atoms with E-state index in [1.54, 1.807) is 11.3 Å². The van der Waals surface area contributed by atoms with Gasteiger partial charge in [0.2, 0.25) is 5.91 Å². The third-order valence-electron chi connectivity index (χ3n) is 3.56. The van der Waals surface area contributed by atoms with Crippen molar-refractivity contribution in [2.45, 2.75) is 25.9 Å². The number of amides is 1. The van der Waals surface area contributed by atoms with E-state index in [9.17, 15) is 4.79 Å². The topological polar surface area (TPSA) is 44.4 Å². The van der Waals surface area contributed by atoms with Gasteiger partial charge in [0.05, 0.1) is 12.1 Å². The number of carbonyl (C=O) groups excluding carboxylic acids is 1. The Hall–Kier alpha value is -0.430. The molecule has 19 heavy (non-hydrogen) atoms. The highest BCUT2D eigenvalue weighted by Crippen LogP contribution is 2.23. The molecule has 1 aromatic heterocycles. The van der Waals surface area contributed by atoms with E-state index in [1.807, 2.05) is 25.3 Å². The van der Waals surface area contributed by atoms with Crippen LogP contribution in [0.3, 0.4) is 0 Å². The van der Waals surface area contributed by atoms with E-state index in [4.69, 9.17) is 0 Å². The van der Waals surface area contributed by atoms with Gasteiger partial charge in [-0.1, -0.05) is 0 Å². The zero-order chi connectivity index (χ0) is 13.9. The Morgan fingerprint density at radius 3 is 2.79 bits per heavy atom. The highest BCUT2D eigenvalue weighted by Gasteiger charge is 2.34. The first-order chi connectivity index (χ1) is 9.01. The monoisotopic (exact) mass is 345 g/mol. The molecule has 0 atom stereocenters. The van der Waals surface area contributed by atoms with E-state index < -0.39 is 5.54 Å². The lowest BCUT2D eigenvalue weighted by atomic mass is 10.0. The van der Waals surface area contributed by atoms with E-state index in [0.29, 0.717) is 6.54 Å². The fourth-order valence-corrected chi connectivity index (χ4v) is 3.63. The SMILES string of the molecule is CC(C)(C(=O)NCc1sccc1Br)N1CCNCC1. The molecule has 4 nitrogen and oxygen atoms in total. The molecule has 0 aromatic carbocycles. The van der Waals surface area contributed by atoms with Crippen molar-refractivity contribution in [1.82, 2.24) is 15.5 Å². The summed E-state index contributed by atoms with van der Waals surface area (Å²) in [6, 6.07) is 2.01. The van der Waals surface area contributed by atoms with Crippen molar-refractivity contribution < 1.29 is 4.79 Å². The van der Waals surface area contributed by atoms with Crippen molar-refractivity contribution in [1.29, 1.82) is 0 Å². The normalized spacial score (nSPS) is 17.4. The van der Waals surface area contributed by atoms with E-state index in [1.165, 1.54) is 0 Å². The summed E-state index contributed by atoms with van der Waals surface area (Å²) in [5, 5.41) is 8.37. The molecule has 0 radical (unpaired) electrons. The summed E-state index contributed by atoms with van der Waals surface area (Å²) in [7, 11) is 0. The van der Waals surface area contributed by atoms with E-state index >= 15 is 0 Å². The molecule has 0 aliphatic carbocycles. The van der Waals surface area contributed by atoms with Crippen LogP contribution in [0.25, 0.3) is 0 Å². The Labute approximate surface area is 126 Å². The van der Waals surface area contributed by atoms with Crippen LogP contribution in [-0.2, 0) is 11.3 Å². The number of carbonyl (C=O) groups is 1. The van der Waals surface area contributed by atoms with Gasteiger partial charge in [-0.15, -0.1) is 11.3 Å². The first-order valence-corrected chi connectivity index (χ1v) is 8.15. The molecule has 2 heterocycles. The molecule has 0 bridgehead atoms. The average Bonchev–Trinajstić information content (AvgIpc) is 2.82. The van der Waals surface area contributed by atoms with Crippen molar-refractivity contribution in [3.05, 3.63) is 20.8 Å². The van der Waals surface area contributed by atoms with Crippen molar-refractivity contribution in [2.75, 3.05) is 26.2 Å². The van der Waals surface area contributed by atoms with Crippen LogP contribution in [0.5, 0.6) is 0 Å². The van der Waals surface area contributed by atoms with Crippen LogP contribution in [0.4, 0.5) is 0 Å². The quantitative estimate of drug-likeness (QED) is 0.874. The summed E-state index contributed by atoms with van der Waals surface area (Å²) in [5.41, 5.74) is -0.453. The number of hydrogen-bond acceptors (Lipinski definition) is 4. The molecule has 0 spiro atoms. The molecule has 1 fully saturated rings. The van der Waals surface area contributed by atoms with Gasteiger partial charge in [-0.2, -0.15) is 0 Å². The molecule has 106 valence electrons. The molecular formula is C13H20BrN3OS. The Kier molecular flexibility index (Phi) is 5.00. The van der Waals surface area contributed by atoms with E-state index in [-0.39, 0.29) is 5.91 Å². The van der Waals surface area contributed by atoms with Gasteiger partial charge in [0.25, 0.3) is 0 Å². The second-order valence-electron chi connectivity index (χ2n) is 5.17. The van der Waals surface area contributed by atoms with Crippen molar-refractivity contribution in [3.63, 3.8) is 0 Å². The van der Waals surface area contributed by atoms with E-state index in [0.717, 1.165) is 35.5 Å². The van der Waals surface area contributed by atoms with Crippen LogP contribution in [0.2, 0.25) is 0 Å². The fourth-order valence-electron chi connectivity index (χ4n) is 2.20. The maximum atomic E-state index is 12.4. The fraction of sp³-hybridized carbons (Fsp3) is 0.615. The zero-order valence-electron chi connectivity index (χ0n) is 11.3. The summed E-state index contributed by atoms with van der Waals surface area (Å²) in [6.45, 7) is 8.33. The summed E-state index contributed by atoms with van der Waals surface area (Å²) in [6.07, 6.45) is 0. The Morgan fingerprint density at radius 1 is 1.53 bits per heavy atom. The summed E-state index contributed by atoms with van der Waals surface area (Å²) in [5.74, 6) is 0.0923. The van der Waals surface area contributed by atoms with Crippen LogP contribution in [-0.4, -0.2) is 42.5 Å². The summed E-state index contributed by atoms with van der Waals surface area (Å²) < 4.78 is 1.07. The number of nitrogens with zero attached hydrogens (tertiary/aromatic N) is 1. The molecule has 0 unspecified atom stereocenters. The van der Waals surface area contributed by atoms with Gasteiger partial charge in [0.15, 0.2) is 0 Å². The third-order valence-corrected chi connectivity index (χ3v) is 5.49. The van der Waals surface area contributed by atoms with Crippen molar-refractivity contribution >= 4 is 33.2 Å². The molecule has 2 rings (SSSR count). The minimum Gasteiger partial charge on any atom is -0.350 e. The van der Waals surface area contributed by atoms with Gasteiger partial charge in [0.1, 0.15) is 0 Å². The minimum absolute atomic E-state index is 0.0923. The van der Waals surface area contributed by atoms with Gasteiger partial charge in [0, 0.05) is 35.5 Å². The molecular weight excluding hydrogens is 326 g/mol. The number of rotatable bonds is 4. The minimum atomic E-state index is -0.453. The second kappa shape index (κ2) is 6.35. The van der Waals surface area contributed by atoms with Crippen LogP contribution in [0.15, 0.2) is 15.9 Å². The molecule has 0 saturated carbocycles. The summed E-state index contributed by atoms with van der Waals surface area (Å²) >= 11 is 5.14. The molecule has 2 N–H and O–H groups in total. The number of halogens is 1. The lowest BCUT2D eigenvalue weighted by Gasteiger charge is -2.39. The predicted octanol–water partition coefficient (Wildman–Crippen LogP) is 1.81. The van der Waals surface area contributed by atoms with Crippen molar-refractivity contribution in [2.24, 2.45) is 0 Å². The number of thiophene rings is 1. The first-order valence-electron chi connectivity index (χ1n) is 6.48. The highest BCUT2D eigenvalue weighted by atomic mass is 79.9. The lowest BCUT2D eigenvalue weighted by Crippen LogP contribution is -2.59. The molecule has 1 aliphatic rings. The van der Waals surface area contributed by atoms with Crippen LogP contribution in [0.1, 0.15) is 18.7 Å². The molecule has 1 saturated heterocycles. The van der Waals surface area contributed by atoms with Gasteiger partial charge in [-0.05, 0) is 41.2 Å². The third kappa shape index (κ3) is 3.56. The first kappa shape index (κ1) is 15.0. The number of hydrogen-bond donors (Lipinski definition) is 2. The van der Waals surface area contributed by atoms with Gasteiger partial charge >= 0.3 is 0 Å². The average molecular weight is 346 g/mol. The van der Waals surface area contributed by atoms with Crippen LogP contribution in [0, 0.1) is 0 Å². The van der Waals surface area contributed by atoms with Crippen LogP contribution >= 0.6 is 27.3 Å². The molecule has 1 amide bonds. The standard InChI is InChI=1S/C13H20BrN3OS/c1-13(2,17-6-4-15-5-7-17)12(18)16-9-11-10(14)3-8-19-11/h3,8,15H,4-7,9H2,1-2H3,(H,16,18). The van der Waals surface area contributed by atoms with Gasteiger partial charge in [-0.3, -0.25) is 9.69 Å². The molecule has 1 aromatic rings. The Balaban J connectivity index is 1.92. The van der Waals surface area contributed by atoms with Gasteiger partial charge < -0.3 is 10.6 Å². The molecule has 1 aliphatic heterocycles. The van der Waals surface area contributed by atoms with Crippen molar-refractivity contribution in [3.8, 4) is 0 Å². The second-order valence-corrected chi connectivity index (χ2v) is 7.03. The maximum absolute atomic E-state index is 12.4. The Morgan fingerprint density at radius 2 is 2.21 bits per heavy atom. The predicted molar refractivity (Wildman–Crippen MR) is 82.4 cm³/mol. The lowest BCUT2D eigenvalue weighted by molar-refractivity contribution is -0.132. The van der Waals surface area contributed by atoms with Gasteiger partial charge in [-0.25, -0.2) is 0 Å². The number of piperazine rings is 1. The highest BCUT2D eigenvalue weighted by molar-refractivity contribution is 9.10. The zero-order valence-corrected chi connectivity index (χ0v) is 13.7. The van der Waals surface area contributed by atoms with Crippen LogP contribution < -0.4 is 10.6 Å². The smallest absolute Gasteiger partial charge is 0.240 e. The Bertz CT molecular complexity index is 441. The maximum Gasteiger partial charge on any atom is 0.240 e. The molecule has 6 heteroatoms.